The number of unbranched alkanes of at least 4 members (excludes halogenated alkanes) is 14. The Balaban J connectivity index is 1.76. The number of carbonyl (C=O) groups excluding carboxylic acids is 1. The SMILES string of the molecule is CCCCCCCCCCCCCCCCCC(=O)N1CCC(OC)C1. The summed E-state index contributed by atoms with van der Waals surface area (Å²) in [7, 11) is 1.74. The zero-order valence-electron chi connectivity index (χ0n) is 17.8. The summed E-state index contributed by atoms with van der Waals surface area (Å²) < 4.78 is 5.33. The molecule has 0 N–H and O–H groups in total. The van der Waals surface area contributed by atoms with Gasteiger partial charge in [-0.25, -0.2) is 0 Å². The first-order valence-electron chi connectivity index (χ1n) is 11.6. The number of rotatable bonds is 17. The van der Waals surface area contributed by atoms with Crippen LogP contribution in [0.1, 0.15) is 116 Å². The zero-order valence-corrected chi connectivity index (χ0v) is 17.8. The Labute approximate surface area is 163 Å². The molecule has 0 aromatic rings. The van der Waals surface area contributed by atoms with Crippen molar-refractivity contribution < 1.29 is 9.53 Å². The van der Waals surface area contributed by atoms with Crippen LogP contribution in [0.5, 0.6) is 0 Å². The minimum atomic E-state index is 0.264. The van der Waals surface area contributed by atoms with Crippen molar-refractivity contribution >= 4 is 5.91 Å². The number of hydrogen-bond donors (Lipinski definition) is 0. The Hall–Kier alpha value is -0.570. The molecule has 0 spiro atoms. The third-order valence-corrected chi connectivity index (χ3v) is 5.83. The predicted molar refractivity (Wildman–Crippen MR) is 112 cm³/mol. The number of nitrogens with zero attached hydrogens (tertiary/aromatic N) is 1. The van der Waals surface area contributed by atoms with E-state index in [2.05, 4.69) is 6.92 Å². The molecule has 1 aliphatic heterocycles. The molecule has 1 saturated heterocycles. The predicted octanol–water partition coefficient (Wildman–Crippen LogP) is 6.50. The molecule has 1 rings (SSSR count). The molecule has 1 amide bonds. The third-order valence-electron chi connectivity index (χ3n) is 5.83. The minimum Gasteiger partial charge on any atom is -0.380 e. The maximum absolute atomic E-state index is 12.1. The molecule has 0 aliphatic carbocycles. The van der Waals surface area contributed by atoms with Crippen molar-refractivity contribution in [3.63, 3.8) is 0 Å². The van der Waals surface area contributed by atoms with E-state index in [0.29, 0.717) is 5.91 Å². The van der Waals surface area contributed by atoms with E-state index >= 15 is 0 Å². The Morgan fingerprint density at radius 1 is 0.808 bits per heavy atom. The van der Waals surface area contributed by atoms with E-state index in [-0.39, 0.29) is 6.10 Å². The molecule has 1 unspecified atom stereocenters. The Morgan fingerprint density at radius 2 is 1.27 bits per heavy atom. The lowest BCUT2D eigenvalue weighted by Crippen LogP contribution is -2.29. The van der Waals surface area contributed by atoms with Crippen LogP contribution in [0.25, 0.3) is 0 Å². The summed E-state index contributed by atoms with van der Waals surface area (Å²) in [4.78, 5) is 14.1. The van der Waals surface area contributed by atoms with Gasteiger partial charge in [0.15, 0.2) is 0 Å². The van der Waals surface area contributed by atoms with E-state index in [1.165, 1.54) is 89.9 Å². The van der Waals surface area contributed by atoms with E-state index in [1.807, 2.05) is 4.90 Å². The number of likely N-dealkylation sites (tertiary alicyclic amines) is 1. The Morgan fingerprint density at radius 3 is 1.69 bits per heavy atom. The summed E-state index contributed by atoms with van der Waals surface area (Å²) in [6.07, 6.45) is 22.5. The van der Waals surface area contributed by atoms with Crippen LogP contribution in [-0.2, 0) is 9.53 Å². The first kappa shape index (κ1) is 23.5. The normalized spacial score (nSPS) is 17.2. The Kier molecular flexibility index (Phi) is 15.0. The molecular weight excluding hydrogens is 322 g/mol. The summed E-state index contributed by atoms with van der Waals surface area (Å²) in [6.45, 7) is 3.97. The topological polar surface area (TPSA) is 29.5 Å². The van der Waals surface area contributed by atoms with Gasteiger partial charge in [0.05, 0.1) is 6.10 Å². The summed E-state index contributed by atoms with van der Waals surface area (Å²) in [6, 6.07) is 0. The van der Waals surface area contributed by atoms with Crippen LogP contribution in [0.2, 0.25) is 0 Å². The molecule has 0 aromatic carbocycles. The summed E-state index contributed by atoms with van der Waals surface area (Å²) in [5, 5.41) is 0. The van der Waals surface area contributed by atoms with Gasteiger partial charge in [0, 0.05) is 26.6 Å². The largest absolute Gasteiger partial charge is 0.380 e. The molecule has 0 aromatic heterocycles. The van der Waals surface area contributed by atoms with Gasteiger partial charge in [-0.05, 0) is 12.8 Å². The molecule has 154 valence electrons. The number of carbonyl (C=O) groups is 1. The second-order valence-corrected chi connectivity index (χ2v) is 8.19. The van der Waals surface area contributed by atoms with Crippen LogP contribution in [0.3, 0.4) is 0 Å². The van der Waals surface area contributed by atoms with E-state index in [0.717, 1.165) is 32.4 Å². The second kappa shape index (κ2) is 16.6. The van der Waals surface area contributed by atoms with Gasteiger partial charge in [0.25, 0.3) is 0 Å². The molecule has 1 atom stereocenters. The van der Waals surface area contributed by atoms with Crippen LogP contribution >= 0.6 is 0 Å². The molecule has 3 nitrogen and oxygen atoms in total. The number of ether oxygens (including phenoxy) is 1. The van der Waals surface area contributed by atoms with Crippen molar-refractivity contribution in [3.05, 3.63) is 0 Å². The molecular formula is C23H45NO2. The molecule has 1 aliphatic rings. The van der Waals surface area contributed by atoms with Crippen molar-refractivity contribution in [2.75, 3.05) is 20.2 Å². The molecule has 0 saturated carbocycles. The van der Waals surface area contributed by atoms with Crippen molar-refractivity contribution in [1.29, 1.82) is 0 Å². The van der Waals surface area contributed by atoms with Gasteiger partial charge in [0.1, 0.15) is 0 Å². The number of hydrogen-bond acceptors (Lipinski definition) is 2. The van der Waals surface area contributed by atoms with Gasteiger partial charge in [-0.3, -0.25) is 4.79 Å². The maximum Gasteiger partial charge on any atom is 0.222 e. The van der Waals surface area contributed by atoms with E-state index in [1.54, 1.807) is 7.11 Å². The van der Waals surface area contributed by atoms with Crippen LogP contribution in [-0.4, -0.2) is 37.1 Å². The standard InChI is InChI=1S/C23H45NO2/c1-3-4-5-6-7-8-9-10-11-12-13-14-15-16-17-18-23(25)24-20-19-22(21-24)26-2/h22H,3-21H2,1-2H3. The zero-order chi connectivity index (χ0) is 18.9. The molecule has 1 heterocycles. The first-order valence-corrected chi connectivity index (χ1v) is 11.6. The average Bonchev–Trinajstić information content (AvgIpc) is 3.14. The summed E-state index contributed by atoms with van der Waals surface area (Å²) in [5.41, 5.74) is 0. The smallest absolute Gasteiger partial charge is 0.222 e. The highest BCUT2D eigenvalue weighted by molar-refractivity contribution is 5.76. The van der Waals surface area contributed by atoms with Gasteiger partial charge in [-0.1, -0.05) is 96.8 Å². The van der Waals surface area contributed by atoms with Gasteiger partial charge >= 0.3 is 0 Å². The minimum absolute atomic E-state index is 0.264. The van der Waals surface area contributed by atoms with Crippen molar-refractivity contribution in [2.45, 2.75) is 122 Å². The van der Waals surface area contributed by atoms with Crippen molar-refractivity contribution in [1.82, 2.24) is 4.90 Å². The molecule has 0 bridgehead atoms. The lowest BCUT2D eigenvalue weighted by atomic mass is 10.0. The van der Waals surface area contributed by atoms with Gasteiger partial charge in [-0.2, -0.15) is 0 Å². The molecule has 3 heteroatoms. The third kappa shape index (κ3) is 11.9. The lowest BCUT2D eigenvalue weighted by molar-refractivity contribution is -0.130. The van der Waals surface area contributed by atoms with Gasteiger partial charge in [0.2, 0.25) is 5.91 Å². The fourth-order valence-corrected chi connectivity index (χ4v) is 3.95. The van der Waals surface area contributed by atoms with Crippen LogP contribution in [0, 0.1) is 0 Å². The van der Waals surface area contributed by atoms with Crippen LogP contribution < -0.4 is 0 Å². The van der Waals surface area contributed by atoms with E-state index < -0.39 is 0 Å². The van der Waals surface area contributed by atoms with Crippen molar-refractivity contribution in [2.24, 2.45) is 0 Å². The summed E-state index contributed by atoms with van der Waals surface area (Å²) in [5.74, 6) is 0.333. The van der Waals surface area contributed by atoms with Crippen LogP contribution in [0.15, 0.2) is 0 Å². The highest BCUT2D eigenvalue weighted by Gasteiger charge is 2.25. The lowest BCUT2D eigenvalue weighted by Gasteiger charge is -2.15. The average molecular weight is 368 g/mol. The molecule has 0 radical (unpaired) electrons. The fourth-order valence-electron chi connectivity index (χ4n) is 3.95. The summed E-state index contributed by atoms with van der Waals surface area (Å²) >= 11 is 0. The van der Waals surface area contributed by atoms with Crippen LogP contribution in [0.4, 0.5) is 0 Å². The van der Waals surface area contributed by atoms with Gasteiger partial charge < -0.3 is 9.64 Å². The highest BCUT2D eigenvalue weighted by atomic mass is 16.5. The maximum atomic E-state index is 12.1. The molecule has 26 heavy (non-hydrogen) atoms. The highest BCUT2D eigenvalue weighted by Crippen LogP contribution is 2.16. The fraction of sp³-hybridized carbons (Fsp3) is 0.957. The number of amides is 1. The van der Waals surface area contributed by atoms with E-state index in [9.17, 15) is 4.79 Å². The van der Waals surface area contributed by atoms with Crippen molar-refractivity contribution in [3.8, 4) is 0 Å². The second-order valence-electron chi connectivity index (χ2n) is 8.19. The monoisotopic (exact) mass is 367 g/mol. The first-order chi connectivity index (χ1) is 12.8. The number of methoxy groups -OCH3 is 1. The molecule has 1 fully saturated rings. The van der Waals surface area contributed by atoms with E-state index in [4.69, 9.17) is 4.74 Å². The quantitative estimate of drug-likeness (QED) is 0.275. The van der Waals surface area contributed by atoms with Gasteiger partial charge in [-0.15, -0.1) is 0 Å². The Bertz CT molecular complexity index is 332.